The molecule has 1 aromatic carbocycles. The average Bonchev–Trinajstić information content (AvgIpc) is 3.03. The SMILES string of the molecule is COc1cccc(-n2ccnc2SCC(C#N)CCC#N)c1. The molecule has 0 saturated carbocycles. The first-order valence-electron chi connectivity index (χ1n) is 6.85. The largest absolute Gasteiger partial charge is 0.497 e. The first kappa shape index (κ1) is 15.9. The van der Waals surface area contributed by atoms with Gasteiger partial charge in [0.25, 0.3) is 0 Å². The highest BCUT2D eigenvalue weighted by molar-refractivity contribution is 7.99. The third kappa shape index (κ3) is 4.03. The van der Waals surface area contributed by atoms with Crippen molar-refractivity contribution in [1.82, 2.24) is 9.55 Å². The van der Waals surface area contributed by atoms with E-state index >= 15 is 0 Å². The highest BCUT2D eigenvalue weighted by Crippen LogP contribution is 2.25. The van der Waals surface area contributed by atoms with Gasteiger partial charge in [0.1, 0.15) is 5.75 Å². The summed E-state index contributed by atoms with van der Waals surface area (Å²) in [6.07, 6.45) is 4.62. The summed E-state index contributed by atoms with van der Waals surface area (Å²) in [5.41, 5.74) is 0.963. The molecule has 2 rings (SSSR count). The molecule has 0 radical (unpaired) electrons. The van der Waals surface area contributed by atoms with E-state index in [1.54, 1.807) is 13.3 Å². The van der Waals surface area contributed by atoms with Crippen LogP contribution in [0.25, 0.3) is 5.69 Å². The van der Waals surface area contributed by atoms with Crippen LogP contribution in [0.5, 0.6) is 5.75 Å². The van der Waals surface area contributed by atoms with Crippen molar-refractivity contribution in [3.05, 3.63) is 36.7 Å². The van der Waals surface area contributed by atoms with Crippen LogP contribution in [0.15, 0.2) is 41.8 Å². The zero-order chi connectivity index (χ0) is 15.8. The minimum atomic E-state index is -0.139. The first-order chi connectivity index (χ1) is 10.8. The molecule has 5 nitrogen and oxygen atoms in total. The second-order valence-corrected chi connectivity index (χ2v) is 5.60. The van der Waals surface area contributed by atoms with Crippen molar-refractivity contribution in [3.8, 4) is 23.6 Å². The van der Waals surface area contributed by atoms with Gasteiger partial charge < -0.3 is 4.74 Å². The fourth-order valence-corrected chi connectivity index (χ4v) is 2.98. The summed E-state index contributed by atoms with van der Waals surface area (Å²) in [7, 11) is 1.63. The molecule has 0 amide bonds. The van der Waals surface area contributed by atoms with Gasteiger partial charge in [-0.1, -0.05) is 17.8 Å². The number of hydrogen-bond acceptors (Lipinski definition) is 5. The van der Waals surface area contributed by atoms with E-state index < -0.39 is 0 Å². The van der Waals surface area contributed by atoms with Gasteiger partial charge in [-0.2, -0.15) is 10.5 Å². The van der Waals surface area contributed by atoms with Crippen LogP contribution in [-0.4, -0.2) is 22.4 Å². The third-order valence-corrected chi connectivity index (χ3v) is 4.27. The first-order valence-corrected chi connectivity index (χ1v) is 7.84. The van der Waals surface area contributed by atoms with Crippen LogP contribution in [0.3, 0.4) is 0 Å². The van der Waals surface area contributed by atoms with E-state index in [1.807, 2.05) is 35.0 Å². The molecular weight excluding hydrogens is 296 g/mol. The van der Waals surface area contributed by atoms with Crippen LogP contribution in [0.2, 0.25) is 0 Å². The molecule has 0 N–H and O–H groups in total. The quantitative estimate of drug-likeness (QED) is 0.732. The number of imidazole rings is 1. The number of ether oxygens (including phenoxy) is 1. The predicted octanol–water partition coefficient (Wildman–Crippen LogP) is 3.42. The molecule has 0 fully saturated rings. The minimum Gasteiger partial charge on any atom is -0.497 e. The van der Waals surface area contributed by atoms with Gasteiger partial charge in [0, 0.05) is 30.6 Å². The molecule has 0 bridgehead atoms. The van der Waals surface area contributed by atoms with Gasteiger partial charge in [0.15, 0.2) is 5.16 Å². The number of hydrogen-bond donors (Lipinski definition) is 0. The van der Waals surface area contributed by atoms with Crippen LogP contribution in [0.1, 0.15) is 12.8 Å². The molecule has 0 aliphatic carbocycles. The number of benzene rings is 1. The highest BCUT2D eigenvalue weighted by Gasteiger charge is 2.12. The van der Waals surface area contributed by atoms with Crippen LogP contribution in [0.4, 0.5) is 0 Å². The second-order valence-electron chi connectivity index (χ2n) is 4.62. The molecular formula is C16H16N4OS. The summed E-state index contributed by atoms with van der Waals surface area (Å²) in [6.45, 7) is 0. The lowest BCUT2D eigenvalue weighted by atomic mass is 10.1. The van der Waals surface area contributed by atoms with Crippen LogP contribution >= 0.6 is 11.8 Å². The van der Waals surface area contributed by atoms with Crippen LogP contribution in [0, 0.1) is 28.6 Å². The smallest absolute Gasteiger partial charge is 0.172 e. The Bertz CT molecular complexity index is 699. The Morgan fingerprint density at radius 3 is 3.00 bits per heavy atom. The summed E-state index contributed by atoms with van der Waals surface area (Å²) in [5, 5.41) is 18.6. The molecule has 0 aliphatic heterocycles. The van der Waals surface area contributed by atoms with Gasteiger partial charge in [0.05, 0.1) is 30.9 Å². The molecule has 22 heavy (non-hydrogen) atoms. The van der Waals surface area contributed by atoms with E-state index in [1.165, 1.54) is 11.8 Å². The lowest BCUT2D eigenvalue weighted by molar-refractivity contribution is 0.414. The van der Waals surface area contributed by atoms with Crippen molar-refractivity contribution in [2.45, 2.75) is 18.0 Å². The van der Waals surface area contributed by atoms with Crippen molar-refractivity contribution in [2.24, 2.45) is 5.92 Å². The lowest BCUT2D eigenvalue weighted by Crippen LogP contribution is -2.02. The van der Waals surface area contributed by atoms with Crippen LogP contribution in [-0.2, 0) is 0 Å². The van der Waals surface area contributed by atoms with E-state index in [2.05, 4.69) is 17.1 Å². The predicted molar refractivity (Wildman–Crippen MR) is 84.8 cm³/mol. The molecule has 1 unspecified atom stereocenters. The number of thioether (sulfide) groups is 1. The van der Waals surface area contributed by atoms with E-state index in [9.17, 15) is 0 Å². The molecule has 0 aliphatic rings. The number of aromatic nitrogens is 2. The van der Waals surface area contributed by atoms with E-state index in [4.69, 9.17) is 15.3 Å². The zero-order valence-corrected chi connectivity index (χ0v) is 13.1. The Balaban J connectivity index is 2.09. The van der Waals surface area contributed by atoms with Gasteiger partial charge in [0.2, 0.25) is 0 Å². The van der Waals surface area contributed by atoms with Crippen molar-refractivity contribution < 1.29 is 4.74 Å². The summed E-state index contributed by atoms with van der Waals surface area (Å²) in [5.74, 6) is 1.27. The van der Waals surface area contributed by atoms with E-state index in [0.717, 1.165) is 16.6 Å². The Morgan fingerprint density at radius 2 is 2.27 bits per heavy atom. The minimum absolute atomic E-state index is 0.139. The summed E-state index contributed by atoms with van der Waals surface area (Å²) in [6, 6.07) is 12.1. The van der Waals surface area contributed by atoms with Gasteiger partial charge in [-0.15, -0.1) is 0 Å². The zero-order valence-electron chi connectivity index (χ0n) is 12.3. The molecule has 2 aromatic rings. The number of nitrogens with zero attached hydrogens (tertiary/aromatic N) is 4. The fraction of sp³-hybridized carbons (Fsp3) is 0.312. The van der Waals surface area contributed by atoms with Crippen LogP contribution < -0.4 is 4.74 Å². The monoisotopic (exact) mass is 312 g/mol. The molecule has 1 atom stereocenters. The van der Waals surface area contributed by atoms with Gasteiger partial charge in [-0.3, -0.25) is 4.57 Å². The van der Waals surface area contributed by atoms with Crippen molar-refractivity contribution in [2.75, 3.05) is 12.9 Å². The Hall–Kier alpha value is -2.44. The highest BCUT2D eigenvalue weighted by atomic mass is 32.2. The molecule has 1 heterocycles. The maximum atomic E-state index is 9.12. The fourth-order valence-electron chi connectivity index (χ4n) is 1.95. The summed E-state index contributed by atoms with van der Waals surface area (Å²) < 4.78 is 7.20. The van der Waals surface area contributed by atoms with Crippen molar-refractivity contribution in [3.63, 3.8) is 0 Å². The second kappa shape index (κ2) is 8.11. The average molecular weight is 312 g/mol. The molecule has 6 heteroatoms. The van der Waals surface area contributed by atoms with Crippen molar-refractivity contribution in [1.29, 1.82) is 10.5 Å². The normalized spacial score (nSPS) is 11.4. The van der Waals surface area contributed by atoms with Gasteiger partial charge >= 0.3 is 0 Å². The maximum absolute atomic E-state index is 9.12. The third-order valence-electron chi connectivity index (χ3n) is 3.14. The lowest BCUT2D eigenvalue weighted by Gasteiger charge is -2.10. The van der Waals surface area contributed by atoms with Gasteiger partial charge in [-0.25, -0.2) is 4.98 Å². The number of methoxy groups -OCH3 is 1. The molecule has 112 valence electrons. The molecule has 1 aromatic heterocycles. The Morgan fingerprint density at radius 1 is 1.41 bits per heavy atom. The van der Waals surface area contributed by atoms with E-state index in [0.29, 0.717) is 18.6 Å². The van der Waals surface area contributed by atoms with E-state index in [-0.39, 0.29) is 5.92 Å². The standard InChI is InChI=1S/C16H16N4OS/c1-21-15-6-2-5-14(10-15)20-9-8-19-16(20)22-12-13(11-18)4-3-7-17/h2,5-6,8-10,13H,3-4,12H2,1H3. The number of nitriles is 2. The van der Waals surface area contributed by atoms with Gasteiger partial charge in [-0.05, 0) is 18.6 Å². The molecule has 0 spiro atoms. The topological polar surface area (TPSA) is 74.6 Å². The summed E-state index contributed by atoms with van der Waals surface area (Å²) >= 11 is 1.52. The van der Waals surface area contributed by atoms with Crippen molar-refractivity contribution >= 4 is 11.8 Å². The maximum Gasteiger partial charge on any atom is 0.172 e. The Labute approximate surface area is 134 Å². The molecule has 0 saturated heterocycles. The number of rotatable bonds is 7. The Kier molecular flexibility index (Phi) is 5.88. The summed E-state index contributed by atoms with van der Waals surface area (Å²) in [4.78, 5) is 4.35.